The van der Waals surface area contributed by atoms with Crippen LogP contribution in [0, 0.1) is 0 Å². The van der Waals surface area contributed by atoms with E-state index in [-0.39, 0.29) is 11.9 Å². The van der Waals surface area contributed by atoms with Gasteiger partial charge in [0.05, 0.1) is 41.2 Å². The molecule has 0 spiro atoms. The molecule has 1 amide bonds. The number of nitrogens with one attached hydrogen (secondary N) is 3. The Kier molecular flexibility index (Phi) is 8.47. The molecule has 5 rings (SSSR count). The zero-order valence-corrected chi connectivity index (χ0v) is 21.8. The van der Waals surface area contributed by atoms with Gasteiger partial charge in [-0.1, -0.05) is 24.2 Å². The van der Waals surface area contributed by atoms with Crippen molar-refractivity contribution in [3.8, 4) is 11.5 Å². The van der Waals surface area contributed by atoms with E-state index < -0.39 is 0 Å². The molecule has 0 aliphatic carbocycles. The Labute approximate surface area is 230 Å². The van der Waals surface area contributed by atoms with Crippen LogP contribution in [0.4, 0.5) is 17.2 Å². The number of aromatic nitrogens is 3. The SMILES string of the molecule is C=CC(=O)Nc1cc2c(Nc3ccc(OCc4ccccn4)c(Cl)c3)ncnc2cc1OC[C@H]1COCCN1. The van der Waals surface area contributed by atoms with Crippen LogP contribution in [0.3, 0.4) is 0 Å². The highest BCUT2D eigenvalue weighted by Gasteiger charge is 2.17. The zero-order chi connectivity index (χ0) is 27.0. The van der Waals surface area contributed by atoms with Crippen LogP contribution in [0.5, 0.6) is 11.5 Å². The number of morpholine rings is 1. The Hall–Kier alpha value is -4.25. The summed E-state index contributed by atoms with van der Waals surface area (Å²) in [6, 6.07) is 14.6. The van der Waals surface area contributed by atoms with Gasteiger partial charge in [-0.3, -0.25) is 9.78 Å². The van der Waals surface area contributed by atoms with Crippen molar-refractivity contribution in [2.45, 2.75) is 12.6 Å². The quantitative estimate of drug-likeness (QED) is 0.247. The van der Waals surface area contributed by atoms with Crippen molar-refractivity contribution in [1.82, 2.24) is 20.3 Å². The molecule has 0 bridgehead atoms. The number of ether oxygens (including phenoxy) is 3. The third-order valence-corrected chi connectivity index (χ3v) is 6.21. The van der Waals surface area contributed by atoms with Crippen molar-refractivity contribution < 1.29 is 19.0 Å². The molecule has 4 aromatic rings. The fourth-order valence-corrected chi connectivity index (χ4v) is 4.20. The molecule has 3 heterocycles. The number of carbonyl (C=O) groups excluding carboxylic acids is 1. The van der Waals surface area contributed by atoms with Crippen molar-refractivity contribution in [2.24, 2.45) is 0 Å². The summed E-state index contributed by atoms with van der Waals surface area (Å²) in [5.41, 5.74) is 2.60. The molecule has 39 heavy (non-hydrogen) atoms. The molecule has 1 aliphatic rings. The Morgan fingerprint density at radius 2 is 2.08 bits per heavy atom. The number of anilines is 3. The predicted molar refractivity (Wildman–Crippen MR) is 150 cm³/mol. The van der Waals surface area contributed by atoms with Crippen molar-refractivity contribution in [3.05, 3.63) is 84.4 Å². The van der Waals surface area contributed by atoms with E-state index in [4.69, 9.17) is 25.8 Å². The number of halogens is 1. The molecule has 200 valence electrons. The predicted octanol–water partition coefficient (Wildman–Crippen LogP) is 4.49. The van der Waals surface area contributed by atoms with E-state index in [0.717, 1.165) is 12.2 Å². The molecule has 0 unspecified atom stereocenters. The number of fused-ring (bicyclic) bond motifs is 1. The van der Waals surface area contributed by atoms with Gasteiger partial charge in [0.15, 0.2) is 0 Å². The van der Waals surface area contributed by atoms with Crippen LogP contribution in [0.1, 0.15) is 5.69 Å². The van der Waals surface area contributed by atoms with Gasteiger partial charge in [-0.05, 0) is 42.5 Å². The second kappa shape index (κ2) is 12.5. The van der Waals surface area contributed by atoms with Gasteiger partial charge in [-0.15, -0.1) is 0 Å². The van der Waals surface area contributed by atoms with E-state index in [1.807, 2.05) is 24.3 Å². The number of nitrogens with zero attached hydrogens (tertiary/aromatic N) is 3. The lowest BCUT2D eigenvalue weighted by molar-refractivity contribution is -0.111. The Balaban J connectivity index is 1.37. The summed E-state index contributed by atoms with van der Waals surface area (Å²) in [5, 5.41) is 10.6. The van der Waals surface area contributed by atoms with Crippen LogP contribution in [-0.4, -0.2) is 53.3 Å². The van der Waals surface area contributed by atoms with Crippen LogP contribution in [0.2, 0.25) is 5.02 Å². The van der Waals surface area contributed by atoms with Crippen molar-refractivity contribution in [1.29, 1.82) is 0 Å². The molecule has 3 N–H and O–H groups in total. The average molecular weight is 547 g/mol. The maximum absolute atomic E-state index is 12.2. The molecule has 10 nitrogen and oxygen atoms in total. The number of amides is 1. The smallest absolute Gasteiger partial charge is 0.247 e. The van der Waals surface area contributed by atoms with E-state index in [0.29, 0.717) is 71.0 Å². The summed E-state index contributed by atoms with van der Waals surface area (Å²) >= 11 is 6.49. The molecule has 1 saturated heterocycles. The number of carbonyl (C=O) groups is 1. The number of hydrogen-bond donors (Lipinski definition) is 3. The van der Waals surface area contributed by atoms with Crippen molar-refractivity contribution in [3.63, 3.8) is 0 Å². The molecule has 1 aliphatic heterocycles. The van der Waals surface area contributed by atoms with Crippen LogP contribution >= 0.6 is 11.6 Å². The number of pyridine rings is 1. The lowest BCUT2D eigenvalue weighted by atomic mass is 10.1. The molecular formula is C28H27ClN6O4. The van der Waals surface area contributed by atoms with Gasteiger partial charge in [0.1, 0.15) is 36.9 Å². The minimum Gasteiger partial charge on any atom is -0.490 e. The van der Waals surface area contributed by atoms with Crippen molar-refractivity contribution in [2.75, 3.05) is 37.0 Å². The fraction of sp³-hybridized carbons (Fsp3) is 0.214. The number of benzene rings is 2. The Morgan fingerprint density at radius 3 is 2.85 bits per heavy atom. The van der Waals surface area contributed by atoms with Gasteiger partial charge in [0.25, 0.3) is 0 Å². The van der Waals surface area contributed by atoms with Crippen LogP contribution in [0.15, 0.2) is 73.7 Å². The first-order valence-electron chi connectivity index (χ1n) is 12.3. The Morgan fingerprint density at radius 1 is 1.15 bits per heavy atom. The normalized spacial score (nSPS) is 14.9. The minimum atomic E-state index is -0.363. The maximum atomic E-state index is 12.2. The lowest BCUT2D eigenvalue weighted by Crippen LogP contribution is -2.44. The minimum absolute atomic E-state index is 0.0423. The molecule has 0 saturated carbocycles. The van der Waals surface area contributed by atoms with Gasteiger partial charge >= 0.3 is 0 Å². The second-order valence-electron chi connectivity index (χ2n) is 8.70. The van der Waals surface area contributed by atoms with E-state index in [2.05, 4.69) is 37.5 Å². The first kappa shape index (κ1) is 26.4. The first-order chi connectivity index (χ1) is 19.1. The summed E-state index contributed by atoms with van der Waals surface area (Å²) in [7, 11) is 0. The van der Waals surface area contributed by atoms with Gasteiger partial charge in [-0.2, -0.15) is 0 Å². The van der Waals surface area contributed by atoms with E-state index in [1.165, 1.54) is 12.4 Å². The van der Waals surface area contributed by atoms with Gasteiger partial charge < -0.3 is 30.2 Å². The summed E-state index contributed by atoms with van der Waals surface area (Å²) < 4.78 is 17.4. The van der Waals surface area contributed by atoms with Gasteiger partial charge in [-0.25, -0.2) is 9.97 Å². The number of rotatable bonds is 10. The highest BCUT2D eigenvalue weighted by atomic mass is 35.5. The summed E-state index contributed by atoms with van der Waals surface area (Å²) in [6.45, 7) is 6.20. The molecular weight excluding hydrogens is 520 g/mol. The van der Waals surface area contributed by atoms with Crippen LogP contribution < -0.4 is 25.4 Å². The summed E-state index contributed by atoms with van der Waals surface area (Å²) in [4.78, 5) is 25.2. The summed E-state index contributed by atoms with van der Waals surface area (Å²) in [6.07, 6.45) is 4.37. The topological polar surface area (TPSA) is 120 Å². The highest BCUT2D eigenvalue weighted by molar-refractivity contribution is 6.32. The third kappa shape index (κ3) is 6.80. The third-order valence-electron chi connectivity index (χ3n) is 5.91. The molecule has 1 fully saturated rings. The fourth-order valence-electron chi connectivity index (χ4n) is 3.97. The first-order valence-corrected chi connectivity index (χ1v) is 12.7. The Bertz CT molecular complexity index is 1460. The van der Waals surface area contributed by atoms with Crippen LogP contribution in [-0.2, 0) is 16.1 Å². The molecule has 2 aromatic heterocycles. The molecule has 11 heteroatoms. The van der Waals surface area contributed by atoms with Crippen LogP contribution in [0.25, 0.3) is 10.9 Å². The lowest BCUT2D eigenvalue weighted by Gasteiger charge is -2.24. The monoisotopic (exact) mass is 546 g/mol. The van der Waals surface area contributed by atoms with E-state index in [9.17, 15) is 4.79 Å². The molecule has 0 radical (unpaired) electrons. The zero-order valence-electron chi connectivity index (χ0n) is 21.0. The largest absolute Gasteiger partial charge is 0.490 e. The highest BCUT2D eigenvalue weighted by Crippen LogP contribution is 2.35. The maximum Gasteiger partial charge on any atom is 0.247 e. The van der Waals surface area contributed by atoms with E-state index >= 15 is 0 Å². The standard InChI is InChI=1S/C28H27ClN6O4/c1-2-27(36)35-24-12-21-23(13-26(24)39-16-20-14-37-10-9-31-20)32-17-33-28(21)34-18-6-7-25(22(29)11-18)38-15-19-5-3-4-8-30-19/h2-8,11-13,17,20,31H,1,9-10,14-16H2,(H,35,36)(H,32,33,34)/t20-/m1/s1. The van der Waals surface area contributed by atoms with E-state index in [1.54, 1.807) is 30.5 Å². The van der Waals surface area contributed by atoms with Gasteiger partial charge in [0.2, 0.25) is 5.91 Å². The second-order valence-corrected chi connectivity index (χ2v) is 9.11. The molecule has 2 aromatic carbocycles. The van der Waals surface area contributed by atoms with Crippen molar-refractivity contribution >= 4 is 45.6 Å². The van der Waals surface area contributed by atoms with Gasteiger partial charge in [0, 0.05) is 29.9 Å². The summed E-state index contributed by atoms with van der Waals surface area (Å²) in [5.74, 6) is 1.18. The molecule has 1 atom stereocenters. The number of hydrogen-bond acceptors (Lipinski definition) is 9. The average Bonchev–Trinajstić information content (AvgIpc) is 2.97.